The monoisotopic (exact) mass is 942 g/mol. The van der Waals surface area contributed by atoms with E-state index in [1.54, 1.807) is 0 Å². The second kappa shape index (κ2) is 17.2. The van der Waals surface area contributed by atoms with Gasteiger partial charge in [-0.1, -0.05) is 157 Å². The van der Waals surface area contributed by atoms with Crippen LogP contribution in [0.3, 0.4) is 0 Å². The molecule has 4 heteroatoms. The lowest BCUT2D eigenvalue weighted by atomic mass is 9.23. The summed E-state index contributed by atoms with van der Waals surface area (Å²) in [6, 6.07) is 59.4. The lowest BCUT2D eigenvalue weighted by Gasteiger charge is -2.81. The fourth-order valence-corrected chi connectivity index (χ4v) is 18.1. The number of hydrogen-bond acceptors (Lipinski definition) is 4. The van der Waals surface area contributed by atoms with E-state index in [-0.39, 0.29) is 69.7 Å². The molecule has 4 nitrogen and oxygen atoms in total. The van der Waals surface area contributed by atoms with Gasteiger partial charge >= 0.3 is 0 Å². The maximum atomic E-state index is 6.74. The van der Waals surface area contributed by atoms with Gasteiger partial charge in [0.25, 0.3) is 0 Å². The Hall–Kier alpha value is -7.24. The molecule has 8 bridgehead atoms. The molecule has 4 unspecified atom stereocenters. The lowest BCUT2D eigenvalue weighted by molar-refractivity contribution is -0.237. The topological polar surface area (TPSA) is 36.9 Å². The van der Waals surface area contributed by atoms with Crippen molar-refractivity contribution in [1.82, 2.24) is 0 Å². The van der Waals surface area contributed by atoms with Gasteiger partial charge in [0, 0.05) is 34.1 Å². The summed E-state index contributed by atoms with van der Waals surface area (Å²) in [7, 11) is 0. The predicted molar refractivity (Wildman–Crippen MR) is 286 cm³/mol. The number of benzene rings is 6. The summed E-state index contributed by atoms with van der Waals surface area (Å²) < 4.78 is 25.7. The molecule has 0 aliphatic heterocycles. The normalized spacial score (nSPS) is 32.1. The molecule has 0 aromatic heterocycles. The van der Waals surface area contributed by atoms with Crippen molar-refractivity contribution in [3.8, 4) is 72.4 Å². The van der Waals surface area contributed by atoms with Crippen LogP contribution in [0.1, 0.15) is 110 Å². The molecule has 0 saturated heterocycles. The van der Waals surface area contributed by atoms with Gasteiger partial charge in [0.05, 0.1) is 0 Å². The van der Waals surface area contributed by atoms with Crippen molar-refractivity contribution < 1.29 is 18.9 Å². The molecule has 0 N–H and O–H groups in total. The summed E-state index contributed by atoms with van der Waals surface area (Å²) in [6.07, 6.45) is 36.2. The molecule has 8 aliphatic carbocycles. The number of terminal acetylenes is 4. The molecule has 8 aliphatic rings. The lowest BCUT2D eigenvalue weighted by Crippen LogP contribution is -2.75. The highest BCUT2D eigenvalue weighted by molar-refractivity contribution is 5.56. The van der Waals surface area contributed by atoms with Gasteiger partial charge in [-0.3, -0.25) is 0 Å². The summed E-state index contributed by atoms with van der Waals surface area (Å²) >= 11 is 0. The van der Waals surface area contributed by atoms with Crippen LogP contribution < -0.4 is 18.9 Å². The van der Waals surface area contributed by atoms with E-state index in [1.807, 2.05) is 0 Å². The first-order chi connectivity index (χ1) is 35.1. The SMILES string of the molecule is C#CCOc1ccc(C23CC4(c5ccccc5)CC(c5ccccc5)(C2)CC(C25CC6(c7ccccc7)CC(c7ccccc7)(CC(c7ccc(OCC#C)cc7OCC#C)(C6)C2)C5)(C4)C3)c(OCC#C)c1. The Kier molecular flexibility index (Phi) is 11.0. The van der Waals surface area contributed by atoms with Crippen LogP contribution in [0.25, 0.3) is 0 Å². The molecular weight excluding hydrogens is 881 g/mol. The summed E-state index contributed by atoms with van der Waals surface area (Å²) in [5, 5.41) is 0. The van der Waals surface area contributed by atoms with Crippen LogP contribution in [-0.4, -0.2) is 26.4 Å². The average Bonchev–Trinajstić information content (AvgIpc) is 3.41. The van der Waals surface area contributed by atoms with Gasteiger partial charge in [0.2, 0.25) is 0 Å². The smallest absolute Gasteiger partial charge is 0.148 e. The van der Waals surface area contributed by atoms with Gasteiger partial charge in [-0.15, -0.1) is 25.7 Å². The predicted octanol–water partition coefficient (Wildman–Crippen LogP) is 13.4. The molecule has 6 aromatic rings. The fraction of sp³-hybridized carbons (Fsp3) is 0.353. The first-order valence-corrected chi connectivity index (χ1v) is 25.9. The van der Waals surface area contributed by atoms with Crippen molar-refractivity contribution in [2.24, 2.45) is 10.8 Å². The van der Waals surface area contributed by atoms with E-state index in [1.165, 1.54) is 33.4 Å². The molecule has 0 heterocycles. The molecule has 0 amide bonds. The molecule has 14 rings (SSSR count). The molecule has 0 spiro atoms. The van der Waals surface area contributed by atoms with Crippen LogP contribution >= 0.6 is 0 Å². The summed E-state index contributed by atoms with van der Waals surface area (Å²) in [5.74, 6) is 13.9. The maximum Gasteiger partial charge on any atom is 0.148 e. The minimum absolute atomic E-state index is 0.141. The van der Waals surface area contributed by atoms with Crippen LogP contribution in [0.2, 0.25) is 0 Å². The van der Waals surface area contributed by atoms with Gasteiger partial charge in [0.15, 0.2) is 0 Å². The Morgan fingerprint density at radius 3 is 0.861 bits per heavy atom. The van der Waals surface area contributed by atoms with Crippen LogP contribution in [0.4, 0.5) is 0 Å². The van der Waals surface area contributed by atoms with Crippen LogP contribution in [0.15, 0.2) is 158 Å². The molecule has 0 radical (unpaired) electrons. The molecule has 358 valence electrons. The van der Waals surface area contributed by atoms with Crippen molar-refractivity contribution in [3.05, 3.63) is 191 Å². The quantitative estimate of drug-likeness (QED) is 0.0962. The Labute approximate surface area is 427 Å². The van der Waals surface area contributed by atoms with E-state index in [2.05, 4.69) is 181 Å². The molecule has 72 heavy (non-hydrogen) atoms. The summed E-state index contributed by atoms with van der Waals surface area (Å²) in [5.41, 5.74) is 6.78. The van der Waals surface area contributed by atoms with E-state index in [0.717, 1.165) is 88.5 Å². The zero-order valence-corrected chi connectivity index (χ0v) is 41.3. The zero-order chi connectivity index (χ0) is 49.1. The first kappa shape index (κ1) is 45.9. The van der Waals surface area contributed by atoms with E-state index in [0.29, 0.717) is 11.5 Å². The average molecular weight is 943 g/mol. The van der Waals surface area contributed by atoms with Crippen molar-refractivity contribution in [2.75, 3.05) is 26.4 Å². The molecular formula is C68H62O4. The van der Waals surface area contributed by atoms with Crippen LogP contribution in [0.5, 0.6) is 23.0 Å². The second-order valence-corrected chi connectivity index (χ2v) is 23.1. The Bertz CT molecular complexity index is 2850. The van der Waals surface area contributed by atoms with E-state index in [4.69, 9.17) is 44.6 Å². The molecule has 4 atom stereocenters. The van der Waals surface area contributed by atoms with E-state index < -0.39 is 0 Å². The Morgan fingerprint density at radius 1 is 0.306 bits per heavy atom. The third-order valence-electron chi connectivity index (χ3n) is 19.1. The maximum absolute atomic E-state index is 6.74. The van der Waals surface area contributed by atoms with Crippen molar-refractivity contribution >= 4 is 0 Å². The number of rotatable bonds is 15. The van der Waals surface area contributed by atoms with Crippen molar-refractivity contribution in [3.63, 3.8) is 0 Å². The van der Waals surface area contributed by atoms with Crippen molar-refractivity contribution in [1.29, 1.82) is 0 Å². The zero-order valence-electron chi connectivity index (χ0n) is 41.3. The minimum atomic E-state index is -0.289. The van der Waals surface area contributed by atoms with Gasteiger partial charge < -0.3 is 18.9 Å². The number of ether oxygens (including phenoxy) is 4. The molecule has 8 fully saturated rings. The van der Waals surface area contributed by atoms with E-state index in [9.17, 15) is 0 Å². The highest BCUT2D eigenvalue weighted by Gasteiger charge is 2.79. The third-order valence-corrected chi connectivity index (χ3v) is 19.1. The van der Waals surface area contributed by atoms with Crippen molar-refractivity contribution in [2.45, 2.75) is 110 Å². The van der Waals surface area contributed by atoms with Gasteiger partial charge in [-0.05, 0) is 144 Å². The van der Waals surface area contributed by atoms with Crippen LogP contribution in [0, 0.1) is 60.2 Å². The van der Waals surface area contributed by atoms with Gasteiger partial charge in [-0.2, -0.15) is 0 Å². The summed E-state index contributed by atoms with van der Waals surface area (Å²) in [4.78, 5) is 0. The summed E-state index contributed by atoms with van der Waals surface area (Å²) in [6.45, 7) is 0.651. The van der Waals surface area contributed by atoms with Gasteiger partial charge in [-0.25, -0.2) is 0 Å². The van der Waals surface area contributed by atoms with Crippen LogP contribution in [-0.2, 0) is 32.5 Å². The Morgan fingerprint density at radius 2 is 0.569 bits per heavy atom. The second-order valence-electron chi connectivity index (χ2n) is 23.1. The fourth-order valence-electron chi connectivity index (χ4n) is 18.1. The first-order valence-electron chi connectivity index (χ1n) is 25.9. The highest BCUT2D eigenvalue weighted by Crippen LogP contribution is 2.86. The highest BCUT2D eigenvalue weighted by atomic mass is 16.5. The molecule has 6 aromatic carbocycles. The Balaban J connectivity index is 1.16. The standard InChI is InChI=1S/C68H62O4/c1-5-33-69-55-29-31-57(59(37-55)71-35-7-3)65-41-61(51-21-13-9-14-22-51)39-62(42-65,52-23-15-10-16-24-52)46-67(45-61,49-65)68-47-63(53-25-17-11-18-26-53)40-64(48-68,54-27-19-12-20-28-54)44-66(43-63,50-68)58-32-30-56(70-34-6-2)38-60(58)72-36-8-4/h1-4,9-32,37-38H,33-36,39-50H2. The molecule has 8 saturated carbocycles. The number of hydrogen-bond donors (Lipinski definition) is 0. The largest absolute Gasteiger partial charge is 0.481 e. The minimum Gasteiger partial charge on any atom is -0.481 e. The third kappa shape index (κ3) is 7.09. The van der Waals surface area contributed by atoms with E-state index >= 15 is 0 Å². The van der Waals surface area contributed by atoms with Gasteiger partial charge in [0.1, 0.15) is 49.4 Å².